The molecule has 4 heteroatoms. The van der Waals surface area contributed by atoms with Crippen LogP contribution >= 0.6 is 0 Å². The minimum Gasteiger partial charge on any atom is -0.493 e. The molecule has 20 heavy (non-hydrogen) atoms. The summed E-state index contributed by atoms with van der Waals surface area (Å²) in [4.78, 5) is 0. The van der Waals surface area contributed by atoms with Gasteiger partial charge in [0.05, 0.1) is 13.7 Å². The van der Waals surface area contributed by atoms with Gasteiger partial charge in [-0.05, 0) is 29.8 Å². The summed E-state index contributed by atoms with van der Waals surface area (Å²) >= 11 is 0. The smallest absolute Gasteiger partial charge is 0.161 e. The van der Waals surface area contributed by atoms with Crippen molar-refractivity contribution in [3.05, 3.63) is 54.1 Å². The normalized spacial score (nSPS) is 10.1. The van der Waals surface area contributed by atoms with Gasteiger partial charge in [-0.25, -0.2) is 0 Å². The maximum atomic E-state index is 9.05. The largest absolute Gasteiger partial charge is 0.493 e. The first-order valence-corrected chi connectivity index (χ1v) is 6.42. The van der Waals surface area contributed by atoms with Crippen LogP contribution in [0.25, 0.3) is 0 Å². The maximum absolute atomic E-state index is 9.05. The van der Waals surface area contributed by atoms with E-state index in [4.69, 9.17) is 19.3 Å². The summed E-state index contributed by atoms with van der Waals surface area (Å²) in [5.74, 6) is 2.12. The van der Waals surface area contributed by atoms with E-state index in [1.54, 1.807) is 7.11 Å². The summed E-state index contributed by atoms with van der Waals surface area (Å²) in [5.41, 5.74) is 0.827. The molecule has 0 bridgehead atoms. The zero-order valence-electron chi connectivity index (χ0n) is 11.4. The average Bonchev–Trinajstić information content (AvgIpc) is 2.52. The van der Waals surface area contributed by atoms with E-state index < -0.39 is 0 Å². The third-order valence-electron chi connectivity index (χ3n) is 2.76. The minimum absolute atomic E-state index is 0.00884. The van der Waals surface area contributed by atoms with E-state index >= 15 is 0 Å². The first kappa shape index (κ1) is 14.2. The Kier molecular flexibility index (Phi) is 5.26. The second-order valence-electron chi connectivity index (χ2n) is 4.15. The van der Waals surface area contributed by atoms with E-state index in [9.17, 15) is 0 Å². The molecule has 2 rings (SSSR count). The monoisotopic (exact) mass is 274 g/mol. The number of aliphatic hydroxyl groups excluding tert-OH is 1. The molecule has 0 radical (unpaired) electrons. The molecule has 0 aliphatic carbocycles. The third-order valence-corrected chi connectivity index (χ3v) is 2.76. The van der Waals surface area contributed by atoms with Gasteiger partial charge in [-0.2, -0.15) is 0 Å². The van der Waals surface area contributed by atoms with E-state index in [0.29, 0.717) is 24.7 Å². The number of rotatable bonds is 7. The molecule has 0 aromatic heterocycles. The number of ether oxygens (including phenoxy) is 3. The third kappa shape index (κ3) is 3.90. The summed E-state index contributed by atoms with van der Waals surface area (Å²) in [6.45, 7) is 0.853. The van der Waals surface area contributed by atoms with Gasteiger partial charge in [0.25, 0.3) is 0 Å². The second kappa shape index (κ2) is 7.40. The molecular weight excluding hydrogens is 256 g/mol. The molecule has 0 unspecified atom stereocenters. The lowest BCUT2D eigenvalue weighted by Crippen LogP contribution is -2.09. The van der Waals surface area contributed by atoms with Crippen LogP contribution in [0.1, 0.15) is 5.56 Å². The van der Waals surface area contributed by atoms with E-state index in [1.807, 2.05) is 48.5 Å². The molecule has 2 aromatic rings. The molecule has 0 amide bonds. The van der Waals surface area contributed by atoms with Crippen molar-refractivity contribution in [2.24, 2.45) is 0 Å². The molecule has 2 aromatic carbocycles. The Balaban J connectivity index is 1.81. The van der Waals surface area contributed by atoms with Crippen LogP contribution in [0.5, 0.6) is 17.2 Å². The Morgan fingerprint density at radius 3 is 2.40 bits per heavy atom. The Morgan fingerprint density at radius 1 is 0.900 bits per heavy atom. The van der Waals surface area contributed by atoms with Gasteiger partial charge in [0, 0.05) is 0 Å². The van der Waals surface area contributed by atoms with E-state index in [0.717, 1.165) is 11.3 Å². The van der Waals surface area contributed by atoms with Gasteiger partial charge in [0.1, 0.15) is 19.0 Å². The maximum Gasteiger partial charge on any atom is 0.161 e. The molecule has 0 heterocycles. The number of benzene rings is 2. The lowest BCUT2D eigenvalue weighted by molar-refractivity contribution is 0.210. The Hall–Kier alpha value is -2.20. The summed E-state index contributed by atoms with van der Waals surface area (Å²) in [6, 6.07) is 14.8. The molecule has 0 saturated heterocycles. The Labute approximate surface area is 118 Å². The van der Waals surface area contributed by atoms with Crippen LogP contribution in [0.3, 0.4) is 0 Å². The highest BCUT2D eigenvalue weighted by molar-refractivity contribution is 5.39. The fraction of sp³-hybridized carbons (Fsp3) is 0.250. The first-order chi connectivity index (χ1) is 9.83. The van der Waals surface area contributed by atoms with Crippen molar-refractivity contribution in [3.8, 4) is 17.2 Å². The molecule has 1 N–H and O–H groups in total. The van der Waals surface area contributed by atoms with Crippen molar-refractivity contribution in [1.29, 1.82) is 0 Å². The van der Waals surface area contributed by atoms with Gasteiger partial charge in [0.2, 0.25) is 0 Å². The minimum atomic E-state index is 0.00884. The Bertz CT molecular complexity index is 540. The van der Waals surface area contributed by atoms with Crippen LogP contribution in [0.2, 0.25) is 0 Å². The fourth-order valence-electron chi connectivity index (χ4n) is 1.78. The van der Waals surface area contributed by atoms with Crippen molar-refractivity contribution in [1.82, 2.24) is 0 Å². The highest BCUT2D eigenvalue weighted by atomic mass is 16.5. The summed E-state index contributed by atoms with van der Waals surface area (Å²) in [5, 5.41) is 9.05. The summed E-state index contributed by atoms with van der Waals surface area (Å²) in [7, 11) is 1.61. The molecule has 0 spiro atoms. The Morgan fingerprint density at radius 2 is 1.65 bits per heavy atom. The SMILES string of the molecule is COc1ccccc1OCCOc1cccc(CO)c1. The van der Waals surface area contributed by atoms with Crippen molar-refractivity contribution in [2.75, 3.05) is 20.3 Å². The highest BCUT2D eigenvalue weighted by Crippen LogP contribution is 2.25. The van der Waals surface area contributed by atoms with Crippen LogP contribution in [0.15, 0.2) is 48.5 Å². The van der Waals surface area contributed by atoms with Crippen molar-refractivity contribution >= 4 is 0 Å². The second-order valence-corrected chi connectivity index (χ2v) is 4.15. The molecule has 0 fully saturated rings. The summed E-state index contributed by atoms with van der Waals surface area (Å²) in [6.07, 6.45) is 0. The van der Waals surface area contributed by atoms with Crippen LogP contribution < -0.4 is 14.2 Å². The van der Waals surface area contributed by atoms with Crippen molar-refractivity contribution in [2.45, 2.75) is 6.61 Å². The van der Waals surface area contributed by atoms with Gasteiger partial charge in [-0.3, -0.25) is 0 Å². The number of methoxy groups -OCH3 is 1. The topological polar surface area (TPSA) is 47.9 Å². The molecule has 0 saturated carbocycles. The van der Waals surface area contributed by atoms with Gasteiger partial charge in [0.15, 0.2) is 11.5 Å². The van der Waals surface area contributed by atoms with Crippen LogP contribution in [-0.2, 0) is 6.61 Å². The fourth-order valence-corrected chi connectivity index (χ4v) is 1.78. The van der Waals surface area contributed by atoms with Crippen LogP contribution in [-0.4, -0.2) is 25.4 Å². The zero-order valence-corrected chi connectivity index (χ0v) is 11.4. The average molecular weight is 274 g/mol. The van der Waals surface area contributed by atoms with E-state index in [2.05, 4.69) is 0 Å². The predicted molar refractivity (Wildman–Crippen MR) is 76.3 cm³/mol. The van der Waals surface area contributed by atoms with E-state index in [-0.39, 0.29) is 6.61 Å². The van der Waals surface area contributed by atoms with Crippen molar-refractivity contribution in [3.63, 3.8) is 0 Å². The lowest BCUT2D eigenvalue weighted by atomic mass is 10.2. The van der Waals surface area contributed by atoms with Crippen LogP contribution in [0.4, 0.5) is 0 Å². The van der Waals surface area contributed by atoms with Gasteiger partial charge in [-0.15, -0.1) is 0 Å². The number of para-hydroxylation sites is 2. The standard InChI is InChI=1S/C16H18O4/c1-18-15-7-2-3-8-16(15)20-10-9-19-14-6-4-5-13(11-14)12-17/h2-8,11,17H,9-10,12H2,1H3. The lowest BCUT2D eigenvalue weighted by Gasteiger charge is -2.11. The van der Waals surface area contributed by atoms with Gasteiger partial charge >= 0.3 is 0 Å². The molecule has 106 valence electrons. The van der Waals surface area contributed by atoms with Crippen molar-refractivity contribution < 1.29 is 19.3 Å². The number of hydrogen-bond donors (Lipinski definition) is 1. The molecule has 0 atom stereocenters. The quantitative estimate of drug-likeness (QED) is 0.789. The molecule has 4 nitrogen and oxygen atoms in total. The number of hydrogen-bond acceptors (Lipinski definition) is 4. The zero-order chi connectivity index (χ0) is 14.2. The summed E-state index contributed by atoms with van der Waals surface area (Å²) < 4.78 is 16.4. The van der Waals surface area contributed by atoms with E-state index in [1.165, 1.54) is 0 Å². The number of aliphatic hydroxyl groups is 1. The molecule has 0 aliphatic rings. The highest BCUT2D eigenvalue weighted by Gasteiger charge is 2.02. The predicted octanol–water partition coefficient (Wildman–Crippen LogP) is 2.65. The van der Waals surface area contributed by atoms with Gasteiger partial charge < -0.3 is 19.3 Å². The first-order valence-electron chi connectivity index (χ1n) is 6.42. The molecular formula is C16H18O4. The van der Waals surface area contributed by atoms with Gasteiger partial charge in [-0.1, -0.05) is 24.3 Å². The molecule has 0 aliphatic heterocycles. The van der Waals surface area contributed by atoms with Crippen LogP contribution in [0, 0.1) is 0 Å².